The van der Waals surface area contributed by atoms with Crippen LogP contribution in [0.4, 0.5) is 0 Å². The Morgan fingerprint density at radius 2 is 1.66 bits per heavy atom. The predicted octanol–water partition coefficient (Wildman–Crippen LogP) is 2.62. The van der Waals surface area contributed by atoms with Crippen LogP contribution >= 0.6 is 11.6 Å². The molecule has 0 spiro atoms. The lowest BCUT2D eigenvalue weighted by atomic mass is 10.1. The molecular formula is C19H16ClNO7S. The number of carboxylic acids is 1. The van der Waals surface area contributed by atoms with Gasteiger partial charge in [0, 0.05) is 11.3 Å². The van der Waals surface area contributed by atoms with Gasteiger partial charge in [0.15, 0.2) is 0 Å². The largest absolute Gasteiger partial charge is 0.480 e. The van der Waals surface area contributed by atoms with E-state index in [9.17, 15) is 27.9 Å². The number of fused-ring (bicyclic) bond motifs is 1. The molecule has 1 aliphatic heterocycles. The van der Waals surface area contributed by atoms with Crippen molar-refractivity contribution in [3.8, 4) is 11.5 Å². The van der Waals surface area contributed by atoms with Crippen LogP contribution in [0.25, 0.3) is 0 Å². The molecule has 2 aromatic rings. The highest BCUT2D eigenvalue weighted by molar-refractivity contribution is 7.90. The number of aliphatic carboxylic acids is 1. The molecule has 10 heteroatoms. The zero-order valence-electron chi connectivity index (χ0n) is 15.2. The Balaban J connectivity index is 1.87. The van der Waals surface area contributed by atoms with E-state index in [0.717, 1.165) is 6.26 Å². The number of hydrogen-bond acceptors (Lipinski definition) is 6. The Hall–Kier alpha value is -2.91. The van der Waals surface area contributed by atoms with Gasteiger partial charge in [-0.3, -0.25) is 14.5 Å². The molecule has 2 amide bonds. The van der Waals surface area contributed by atoms with Crippen molar-refractivity contribution in [1.29, 1.82) is 0 Å². The van der Waals surface area contributed by atoms with E-state index in [-0.39, 0.29) is 16.9 Å². The van der Waals surface area contributed by atoms with Crippen molar-refractivity contribution in [1.82, 2.24) is 4.90 Å². The molecule has 0 fully saturated rings. The first kappa shape index (κ1) is 20.8. The number of sulfone groups is 1. The third-order valence-corrected chi connectivity index (χ3v) is 5.53. The number of carbonyl (C=O) groups excluding carboxylic acids is 2. The quantitative estimate of drug-likeness (QED) is 0.661. The molecule has 0 saturated carbocycles. The minimum Gasteiger partial charge on any atom is -0.480 e. The molecule has 1 aliphatic rings. The van der Waals surface area contributed by atoms with Crippen LogP contribution in [0.3, 0.4) is 0 Å². The van der Waals surface area contributed by atoms with Crippen molar-refractivity contribution in [2.45, 2.75) is 12.5 Å². The van der Waals surface area contributed by atoms with Gasteiger partial charge >= 0.3 is 5.97 Å². The molecule has 0 aromatic heterocycles. The van der Waals surface area contributed by atoms with Crippen LogP contribution in [0.2, 0.25) is 5.02 Å². The lowest BCUT2D eigenvalue weighted by Gasteiger charge is -2.22. The standard InChI is InChI=1S/C19H16ClNO7S/c1-29(26,27)9-8-16(19(24)25)21-17(22)14-7-6-13(10-15(14)18(21)23)28-12-4-2-11(20)3-5-12/h2-7,10,16H,8-9H2,1H3,(H,24,25)/t16-/m0/s1. The monoisotopic (exact) mass is 437 g/mol. The number of carboxylic acid groups (broad SMARTS) is 1. The number of imide groups is 1. The van der Waals surface area contributed by atoms with E-state index < -0.39 is 45.8 Å². The average Bonchev–Trinajstić information content (AvgIpc) is 2.87. The molecule has 0 bridgehead atoms. The summed E-state index contributed by atoms with van der Waals surface area (Å²) in [5.41, 5.74) is 0.0242. The summed E-state index contributed by atoms with van der Waals surface area (Å²) in [5, 5.41) is 9.97. The van der Waals surface area contributed by atoms with Crippen molar-refractivity contribution in [3.63, 3.8) is 0 Å². The summed E-state index contributed by atoms with van der Waals surface area (Å²) in [6.45, 7) is 0. The summed E-state index contributed by atoms with van der Waals surface area (Å²) in [6.07, 6.45) is 0.558. The highest BCUT2D eigenvalue weighted by Crippen LogP contribution is 2.31. The van der Waals surface area contributed by atoms with Crippen LogP contribution in [0.15, 0.2) is 42.5 Å². The van der Waals surface area contributed by atoms with Crippen molar-refractivity contribution >= 4 is 39.2 Å². The first-order valence-electron chi connectivity index (χ1n) is 8.43. The van der Waals surface area contributed by atoms with E-state index in [1.165, 1.54) is 18.2 Å². The second kappa shape index (κ2) is 7.84. The molecule has 3 rings (SSSR count). The fourth-order valence-corrected chi connectivity index (χ4v) is 3.69. The zero-order valence-corrected chi connectivity index (χ0v) is 16.7. The van der Waals surface area contributed by atoms with E-state index in [0.29, 0.717) is 15.7 Å². The Bertz CT molecular complexity index is 1100. The fraction of sp³-hybridized carbons (Fsp3) is 0.211. The Morgan fingerprint density at radius 3 is 2.24 bits per heavy atom. The number of rotatable bonds is 7. The molecule has 1 atom stereocenters. The molecule has 1 N–H and O–H groups in total. The highest BCUT2D eigenvalue weighted by atomic mass is 35.5. The number of amides is 2. The minimum atomic E-state index is -3.47. The summed E-state index contributed by atoms with van der Waals surface area (Å²) in [4.78, 5) is 37.6. The van der Waals surface area contributed by atoms with Gasteiger partial charge in [-0.1, -0.05) is 11.6 Å². The SMILES string of the molecule is CS(=O)(=O)CC[C@@H](C(=O)O)N1C(=O)c2ccc(Oc3ccc(Cl)cc3)cc2C1=O. The van der Waals surface area contributed by atoms with Crippen LogP contribution in [0.1, 0.15) is 27.1 Å². The Labute approximate surface area is 171 Å². The maximum atomic E-state index is 12.7. The number of hydrogen-bond donors (Lipinski definition) is 1. The summed E-state index contributed by atoms with van der Waals surface area (Å²) in [6, 6.07) is 9.11. The van der Waals surface area contributed by atoms with Gasteiger partial charge in [-0.15, -0.1) is 0 Å². The molecule has 0 radical (unpaired) electrons. The van der Waals surface area contributed by atoms with Gasteiger partial charge in [-0.25, -0.2) is 13.2 Å². The van der Waals surface area contributed by atoms with Crippen molar-refractivity contribution in [2.75, 3.05) is 12.0 Å². The second-order valence-corrected chi connectivity index (χ2v) is 9.21. The Morgan fingerprint density at radius 1 is 1.07 bits per heavy atom. The zero-order chi connectivity index (χ0) is 21.3. The number of nitrogens with zero attached hydrogens (tertiary/aromatic N) is 1. The van der Waals surface area contributed by atoms with Gasteiger partial charge in [-0.05, 0) is 48.9 Å². The smallest absolute Gasteiger partial charge is 0.326 e. The fourth-order valence-electron chi connectivity index (χ4n) is 2.91. The van der Waals surface area contributed by atoms with E-state index in [2.05, 4.69) is 0 Å². The topological polar surface area (TPSA) is 118 Å². The maximum absolute atomic E-state index is 12.7. The molecule has 29 heavy (non-hydrogen) atoms. The minimum absolute atomic E-state index is 0.00734. The van der Waals surface area contributed by atoms with E-state index in [1.807, 2.05) is 0 Å². The van der Waals surface area contributed by atoms with Crippen LogP contribution in [0, 0.1) is 0 Å². The van der Waals surface area contributed by atoms with Crippen molar-refractivity contribution in [2.24, 2.45) is 0 Å². The third-order valence-electron chi connectivity index (χ3n) is 4.30. The Kier molecular flexibility index (Phi) is 5.63. The van der Waals surface area contributed by atoms with E-state index in [1.54, 1.807) is 24.3 Å². The number of benzene rings is 2. The van der Waals surface area contributed by atoms with Crippen molar-refractivity contribution in [3.05, 3.63) is 58.6 Å². The highest BCUT2D eigenvalue weighted by Gasteiger charge is 2.43. The molecule has 0 unspecified atom stereocenters. The van der Waals surface area contributed by atoms with Gasteiger partial charge in [0.25, 0.3) is 11.8 Å². The van der Waals surface area contributed by atoms with Crippen LogP contribution in [0.5, 0.6) is 11.5 Å². The third kappa shape index (κ3) is 4.57. The molecule has 2 aromatic carbocycles. The summed E-state index contributed by atoms with van der Waals surface area (Å²) < 4.78 is 28.4. The predicted molar refractivity (Wildman–Crippen MR) is 104 cm³/mol. The molecule has 8 nitrogen and oxygen atoms in total. The van der Waals surface area contributed by atoms with Crippen LogP contribution in [-0.2, 0) is 14.6 Å². The van der Waals surface area contributed by atoms with Crippen LogP contribution < -0.4 is 4.74 Å². The molecule has 0 aliphatic carbocycles. The van der Waals surface area contributed by atoms with Gasteiger partial charge in [0.1, 0.15) is 27.4 Å². The summed E-state index contributed by atoms with van der Waals surface area (Å²) in [7, 11) is -3.47. The lowest BCUT2D eigenvalue weighted by Crippen LogP contribution is -2.45. The van der Waals surface area contributed by atoms with Gasteiger partial charge in [-0.2, -0.15) is 0 Å². The van der Waals surface area contributed by atoms with E-state index >= 15 is 0 Å². The van der Waals surface area contributed by atoms with Gasteiger partial charge in [0.05, 0.1) is 16.9 Å². The number of halogens is 1. The molecule has 152 valence electrons. The second-order valence-electron chi connectivity index (χ2n) is 6.52. The molecule has 1 heterocycles. The van der Waals surface area contributed by atoms with E-state index in [4.69, 9.17) is 16.3 Å². The summed E-state index contributed by atoms with van der Waals surface area (Å²) >= 11 is 5.82. The first-order chi connectivity index (χ1) is 13.6. The van der Waals surface area contributed by atoms with Crippen LogP contribution in [-0.4, -0.2) is 54.3 Å². The lowest BCUT2D eigenvalue weighted by molar-refractivity contribution is -0.141. The van der Waals surface area contributed by atoms with Gasteiger partial charge in [0.2, 0.25) is 0 Å². The maximum Gasteiger partial charge on any atom is 0.326 e. The number of carbonyl (C=O) groups is 3. The average molecular weight is 438 g/mol. The number of ether oxygens (including phenoxy) is 1. The molecule has 0 saturated heterocycles. The first-order valence-corrected chi connectivity index (χ1v) is 10.9. The molecular weight excluding hydrogens is 422 g/mol. The normalized spacial score (nSPS) is 14.6. The van der Waals surface area contributed by atoms with Crippen molar-refractivity contribution < 1.29 is 32.6 Å². The van der Waals surface area contributed by atoms with Gasteiger partial charge < -0.3 is 9.84 Å². The summed E-state index contributed by atoms with van der Waals surface area (Å²) in [5.74, 6) is -2.80.